The molecule has 0 heterocycles. The maximum atomic E-state index is 11.1. The second-order valence-corrected chi connectivity index (χ2v) is 2.62. The summed E-state index contributed by atoms with van der Waals surface area (Å²) in [6.45, 7) is 3.41. The maximum absolute atomic E-state index is 11.1. The van der Waals surface area contributed by atoms with Crippen molar-refractivity contribution in [2.24, 2.45) is 5.92 Å². The van der Waals surface area contributed by atoms with Gasteiger partial charge in [-0.1, -0.05) is 6.08 Å². The minimum absolute atomic E-state index is 0.156. The van der Waals surface area contributed by atoms with Crippen LogP contribution in [0.4, 0.5) is 0 Å². The van der Waals surface area contributed by atoms with Gasteiger partial charge in [-0.05, 0) is 6.42 Å². The number of carbonyl (C=O) groups excluding carboxylic acids is 2. The third-order valence-corrected chi connectivity index (χ3v) is 1.75. The van der Waals surface area contributed by atoms with E-state index in [1.54, 1.807) is 0 Å². The fraction of sp³-hybridized carbons (Fsp3) is 0.556. The molecule has 0 aliphatic rings. The first-order chi connectivity index (χ1) is 6.58. The number of aliphatic hydroxyl groups excluding tert-OH is 1. The van der Waals surface area contributed by atoms with E-state index < -0.39 is 24.0 Å². The zero-order valence-electron chi connectivity index (χ0n) is 8.23. The van der Waals surface area contributed by atoms with Crippen LogP contribution >= 0.6 is 0 Å². The van der Waals surface area contributed by atoms with Crippen LogP contribution in [-0.2, 0) is 19.1 Å². The summed E-state index contributed by atoms with van der Waals surface area (Å²) < 4.78 is 8.73. The zero-order chi connectivity index (χ0) is 11.1. The van der Waals surface area contributed by atoms with Gasteiger partial charge in [0.25, 0.3) is 0 Å². The van der Waals surface area contributed by atoms with Crippen molar-refractivity contribution in [3.05, 3.63) is 12.7 Å². The Morgan fingerprint density at radius 1 is 1.36 bits per heavy atom. The van der Waals surface area contributed by atoms with Gasteiger partial charge in [-0.2, -0.15) is 0 Å². The zero-order valence-corrected chi connectivity index (χ0v) is 8.23. The number of ether oxygens (including phenoxy) is 2. The van der Waals surface area contributed by atoms with Gasteiger partial charge in [-0.3, -0.25) is 4.79 Å². The summed E-state index contributed by atoms with van der Waals surface area (Å²) in [5.41, 5.74) is 0. The van der Waals surface area contributed by atoms with E-state index in [1.807, 2.05) is 0 Å². The second kappa shape index (κ2) is 6.15. The molecule has 0 fully saturated rings. The van der Waals surface area contributed by atoms with Crippen molar-refractivity contribution in [2.45, 2.75) is 12.5 Å². The van der Waals surface area contributed by atoms with E-state index in [4.69, 9.17) is 0 Å². The van der Waals surface area contributed by atoms with Gasteiger partial charge in [-0.25, -0.2) is 4.79 Å². The Labute approximate surface area is 82.3 Å². The van der Waals surface area contributed by atoms with Gasteiger partial charge in [0.2, 0.25) is 0 Å². The lowest BCUT2D eigenvalue weighted by molar-refractivity contribution is -0.163. The molecule has 0 aromatic rings. The molecule has 0 aliphatic carbocycles. The summed E-state index contributed by atoms with van der Waals surface area (Å²) in [5, 5.41) is 9.39. The first kappa shape index (κ1) is 12.6. The first-order valence-electron chi connectivity index (χ1n) is 4.03. The Balaban J connectivity index is 4.54. The van der Waals surface area contributed by atoms with Crippen LogP contribution in [0.2, 0.25) is 0 Å². The first-order valence-corrected chi connectivity index (χ1v) is 4.03. The van der Waals surface area contributed by atoms with Gasteiger partial charge in [0.15, 0.2) is 6.10 Å². The fourth-order valence-electron chi connectivity index (χ4n) is 0.970. The summed E-state index contributed by atoms with van der Waals surface area (Å²) in [6.07, 6.45) is 0.0712. The Bertz CT molecular complexity index is 223. The predicted molar refractivity (Wildman–Crippen MR) is 48.3 cm³/mol. The van der Waals surface area contributed by atoms with Crippen molar-refractivity contribution in [3.63, 3.8) is 0 Å². The third-order valence-electron chi connectivity index (χ3n) is 1.75. The highest BCUT2D eigenvalue weighted by molar-refractivity contribution is 5.83. The largest absolute Gasteiger partial charge is 0.469 e. The van der Waals surface area contributed by atoms with Crippen LogP contribution in [0.3, 0.4) is 0 Å². The topological polar surface area (TPSA) is 72.8 Å². The number of hydrogen-bond acceptors (Lipinski definition) is 5. The number of allylic oxidation sites excluding steroid dienone is 1. The van der Waals surface area contributed by atoms with Crippen molar-refractivity contribution >= 4 is 11.9 Å². The molecule has 1 N–H and O–H groups in total. The normalized spacial score (nSPS) is 13.9. The number of carbonyl (C=O) groups is 2. The van der Waals surface area contributed by atoms with E-state index in [9.17, 15) is 14.7 Å². The maximum Gasteiger partial charge on any atom is 0.335 e. The van der Waals surface area contributed by atoms with Crippen LogP contribution in [0.15, 0.2) is 12.7 Å². The van der Waals surface area contributed by atoms with E-state index in [-0.39, 0.29) is 6.42 Å². The van der Waals surface area contributed by atoms with Crippen LogP contribution in [0.5, 0.6) is 0 Å². The van der Waals surface area contributed by atoms with Crippen molar-refractivity contribution in [1.29, 1.82) is 0 Å². The number of rotatable bonds is 5. The molecule has 0 aromatic carbocycles. The van der Waals surface area contributed by atoms with Gasteiger partial charge in [-0.15, -0.1) is 6.58 Å². The molecular formula is C9H14O5. The molecule has 14 heavy (non-hydrogen) atoms. The van der Waals surface area contributed by atoms with Crippen molar-refractivity contribution in [1.82, 2.24) is 0 Å². The summed E-state index contributed by atoms with van der Waals surface area (Å²) in [5.74, 6) is -2.48. The lowest BCUT2D eigenvalue weighted by Gasteiger charge is -2.16. The molecule has 0 saturated heterocycles. The molecule has 0 saturated carbocycles. The highest BCUT2D eigenvalue weighted by Gasteiger charge is 2.32. The molecular weight excluding hydrogens is 188 g/mol. The Morgan fingerprint density at radius 3 is 2.21 bits per heavy atom. The van der Waals surface area contributed by atoms with Crippen molar-refractivity contribution in [3.8, 4) is 0 Å². The molecule has 0 amide bonds. The average molecular weight is 202 g/mol. The SMILES string of the molecule is C=CC[C@H](C(=O)OC)[C@@H](O)C(=O)OC. The van der Waals surface area contributed by atoms with Gasteiger partial charge in [0.1, 0.15) is 0 Å². The van der Waals surface area contributed by atoms with Crippen molar-refractivity contribution < 1.29 is 24.2 Å². The molecule has 5 nitrogen and oxygen atoms in total. The number of methoxy groups -OCH3 is 2. The van der Waals surface area contributed by atoms with E-state index >= 15 is 0 Å². The number of hydrogen-bond donors (Lipinski definition) is 1. The highest BCUT2D eigenvalue weighted by Crippen LogP contribution is 2.13. The molecule has 0 aliphatic heterocycles. The molecule has 0 unspecified atom stereocenters. The molecule has 0 spiro atoms. The van der Waals surface area contributed by atoms with Crippen LogP contribution in [0, 0.1) is 5.92 Å². The standard InChI is InChI=1S/C9H14O5/c1-4-5-6(8(11)13-2)7(10)9(12)14-3/h4,6-7,10H,1,5H2,2-3H3/t6-,7+/m0/s1. The minimum Gasteiger partial charge on any atom is -0.469 e. The predicted octanol–water partition coefficient (Wildman–Crippen LogP) is -0.114. The molecule has 0 radical (unpaired) electrons. The van der Waals surface area contributed by atoms with Crippen LogP contribution in [0.1, 0.15) is 6.42 Å². The molecule has 0 rings (SSSR count). The summed E-state index contributed by atoms with van der Waals surface area (Å²) in [6, 6.07) is 0. The second-order valence-electron chi connectivity index (χ2n) is 2.62. The quantitative estimate of drug-likeness (QED) is 0.497. The minimum atomic E-state index is -1.51. The van der Waals surface area contributed by atoms with E-state index in [1.165, 1.54) is 13.2 Å². The fourth-order valence-corrected chi connectivity index (χ4v) is 0.970. The van der Waals surface area contributed by atoms with E-state index in [2.05, 4.69) is 16.1 Å². The van der Waals surface area contributed by atoms with Crippen LogP contribution in [-0.4, -0.2) is 37.4 Å². The van der Waals surface area contributed by atoms with Crippen molar-refractivity contribution in [2.75, 3.05) is 14.2 Å². The van der Waals surface area contributed by atoms with Gasteiger partial charge in [0.05, 0.1) is 20.1 Å². The average Bonchev–Trinajstić information content (AvgIpc) is 2.22. The Hall–Kier alpha value is -1.36. The van der Waals surface area contributed by atoms with E-state index in [0.717, 1.165) is 7.11 Å². The molecule has 0 aromatic heterocycles. The van der Waals surface area contributed by atoms with Gasteiger partial charge >= 0.3 is 11.9 Å². The number of esters is 2. The smallest absolute Gasteiger partial charge is 0.335 e. The highest BCUT2D eigenvalue weighted by atomic mass is 16.5. The Morgan fingerprint density at radius 2 is 1.86 bits per heavy atom. The van der Waals surface area contributed by atoms with Crippen LogP contribution in [0.25, 0.3) is 0 Å². The lowest BCUT2D eigenvalue weighted by atomic mass is 9.99. The molecule has 5 heteroatoms. The van der Waals surface area contributed by atoms with E-state index in [0.29, 0.717) is 0 Å². The lowest BCUT2D eigenvalue weighted by Crippen LogP contribution is -2.36. The van der Waals surface area contributed by atoms with Crippen LogP contribution < -0.4 is 0 Å². The summed E-state index contributed by atoms with van der Waals surface area (Å²) in [4.78, 5) is 22.1. The Kier molecular flexibility index (Phi) is 5.55. The summed E-state index contributed by atoms with van der Waals surface area (Å²) >= 11 is 0. The third kappa shape index (κ3) is 3.18. The molecule has 0 bridgehead atoms. The van der Waals surface area contributed by atoms with Gasteiger partial charge < -0.3 is 14.6 Å². The monoisotopic (exact) mass is 202 g/mol. The molecule has 2 atom stereocenters. The number of aliphatic hydroxyl groups is 1. The summed E-state index contributed by atoms with van der Waals surface area (Å²) in [7, 11) is 2.32. The van der Waals surface area contributed by atoms with Gasteiger partial charge in [0, 0.05) is 0 Å². The molecule has 80 valence electrons.